The molecule has 6 heteroatoms. The van der Waals surface area contributed by atoms with Crippen LogP contribution in [0.15, 0.2) is 48.5 Å². The van der Waals surface area contributed by atoms with Gasteiger partial charge in [0.1, 0.15) is 6.61 Å². The Morgan fingerprint density at radius 3 is 2.59 bits per heavy atom. The number of carbonyl (C=O) groups excluding carboxylic acids is 1. The topological polar surface area (TPSA) is 68.2 Å². The fraction of sp³-hybridized carbons (Fsp3) is 0.435. The number of amides is 1. The van der Waals surface area contributed by atoms with Crippen molar-refractivity contribution in [2.24, 2.45) is 0 Å². The van der Waals surface area contributed by atoms with Crippen LogP contribution in [0, 0.1) is 0 Å². The van der Waals surface area contributed by atoms with Gasteiger partial charge in [0, 0.05) is 12.6 Å². The van der Waals surface area contributed by atoms with E-state index < -0.39 is 6.10 Å². The molecule has 0 aromatic heterocycles. The van der Waals surface area contributed by atoms with Crippen molar-refractivity contribution in [3.63, 3.8) is 0 Å². The second kappa shape index (κ2) is 10.2. The molecule has 0 spiro atoms. The summed E-state index contributed by atoms with van der Waals surface area (Å²) in [7, 11) is 3.15. The van der Waals surface area contributed by atoms with Gasteiger partial charge in [0.15, 0.2) is 11.5 Å². The number of hydrogen-bond donors (Lipinski definition) is 1. The minimum atomic E-state index is -0.706. The number of rotatable bonds is 7. The van der Waals surface area contributed by atoms with Crippen molar-refractivity contribution in [1.82, 2.24) is 4.90 Å². The number of ether oxygens (including phenoxy) is 3. The molecule has 1 aliphatic rings. The van der Waals surface area contributed by atoms with E-state index in [2.05, 4.69) is 0 Å². The Bertz CT molecular complexity index is 795. The molecule has 0 bridgehead atoms. The molecule has 1 aliphatic heterocycles. The van der Waals surface area contributed by atoms with Crippen molar-refractivity contribution < 1.29 is 24.1 Å². The fourth-order valence-corrected chi connectivity index (χ4v) is 3.74. The molecule has 0 radical (unpaired) electrons. The molecule has 2 aromatic carbocycles. The molecule has 0 saturated carbocycles. The van der Waals surface area contributed by atoms with Crippen molar-refractivity contribution in [2.45, 2.75) is 44.4 Å². The molecule has 3 rings (SSSR count). The Kier molecular flexibility index (Phi) is 7.36. The standard InChI is InChI=1S/C23H29NO5/c1-27-21-12-11-18(14-22(21)28-2)20(25)15-19-10-6-7-13-24(19)23(26)29-16-17-8-4-3-5-9-17/h3-5,8-9,11-12,14,19-20,25H,6-7,10,13,15-16H2,1-2H3/t19-,20?/m1/s1. The van der Waals surface area contributed by atoms with Gasteiger partial charge in [-0.25, -0.2) is 4.79 Å². The number of aliphatic hydroxyl groups is 1. The van der Waals surface area contributed by atoms with Crippen LogP contribution in [0.1, 0.15) is 42.9 Å². The highest BCUT2D eigenvalue weighted by atomic mass is 16.6. The normalized spacial score (nSPS) is 17.5. The first-order valence-corrected chi connectivity index (χ1v) is 9.99. The van der Waals surface area contributed by atoms with Crippen LogP contribution in [0.3, 0.4) is 0 Å². The van der Waals surface area contributed by atoms with E-state index in [1.807, 2.05) is 36.4 Å². The molecule has 1 heterocycles. The maximum atomic E-state index is 12.7. The van der Waals surface area contributed by atoms with Crippen molar-refractivity contribution in [3.8, 4) is 11.5 Å². The molecule has 0 aliphatic carbocycles. The quantitative estimate of drug-likeness (QED) is 0.751. The molecule has 1 amide bonds. The lowest BCUT2D eigenvalue weighted by Gasteiger charge is -2.36. The first-order chi connectivity index (χ1) is 14.1. The Morgan fingerprint density at radius 1 is 1.10 bits per heavy atom. The molecule has 1 saturated heterocycles. The van der Waals surface area contributed by atoms with Crippen LogP contribution < -0.4 is 9.47 Å². The van der Waals surface area contributed by atoms with E-state index in [1.54, 1.807) is 31.3 Å². The van der Waals surface area contributed by atoms with Crippen LogP contribution in [-0.2, 0) is 11.3 Å². The fourth-order valence-electron chi connectivity index (χ4n) is 3.74. The van der Waals surface area contributed by atoms with Crippen LogP contribution in [0.2, 0.25) is 0 Å². The number of carbonyl (C=O) groups is 1. The van der Waals surface area contributed by atoms with Crippen molar-refractivity contribution in [3.05, 3.63) is 59.7 Å². The molecule has 29 heavy (non-hydrogen) atoms. The lowest BCUT2D eigenvalue weighted by atomic mass is 9.94. The predicted molar refractivity (Wildman–Crippen MR) is 110 cm³/mol. The summed E-state index contributed by atoms with van der Waals surface area (Å²) in [6, 6.07) is 15.0. The molecule has 1 fully saturated rings. The predicted octanol–water partition coefficient (Wildman–Crippen LogP) is 4.32. The molecule has 1 unspecified atom stereocenters. The number of piperidine rings is 1. The lowest BCUT2D eigenvalue weighted by molar-refractivity contribution is 0.0481. The highest BCUT2D eigenvalue weighted by Crippen LogP contribution is 2.33. The Labute approximate surface area is 172 Å². The third kappa shape index (κ3) is 5.41. The maximum absolute atomic E-state index is 12.7. The van der Waals surface area contributed by atoms with Crippen molar-refractivity contribution >= 4 is 6.09 Å². The van der Waals surface area contributed by atoms with Gasteiger partial charge in [-0.05, 0) is 48.9 Å². The highest BCUT2D eigenvalue weighted by Gasteiger charge is 2.30. The second-order valence-electron chi connectivity index (χ2n) is 7.25. The second-order valence-corrected chi connectivity index (χ2v) is 7.25. The van der Waals surface area contributed by atoms with Gasteiger partial charge in [-0.1, -0.05) is 36.4 Å². The van der Waals surface area contributed by atoms with E-state index >= 15 is 0 Å². The highest BCUT2D eigenvalue weighted by molar-refractivity contribution is 5.68. The number of nitrogens with zero attached hydrogens (tertiary/aromatic N) is 1. The first kappa shape index (κ1) is 21.0. The molecule has 2 aromatic rings. The molecular formula is C23H29NO5. The number of benzene rings is 2. The third-order valence-electron chi connectivity index (χ3n) is 5.35. The largest absolute Gasteiger partial charge is 0.493 e. The summed E-state index contributed by atoms with van der Waals surface area (Å²) >= 11 is 0. The maximum Gasteiger partial charge on any atom is 0.410 e. The zero-order valence-corrected chi connectivity index (χ0v) is 17.0. The third-order valence-corrected chi connectivity index (χ3v) is 5.35. The van der Waals surface area contributed by atoms with Gasteiger partial charge in [0.05, 0.1) is 20.3 Å². The average molecular weight is 399 g/mol. The smallest absolute Gasteiger partial charge is 0.410 e. The number of hydrogen-bond acceptors (Lipinski definition) is 5. The van der Waals surface area contributed by atoms with Gasteiger partial charge in [0.2, 0.25) is 0 Å². The summed E-state index contributed by atoms with van der Waals surface area (Å²) < 4.78 is 16.1. The summed E-state index contributed by atoms with van der Waals surface area (Å²) in [5.74, 6) is 1.19. The number of methoxy groups -OCH3 is 2. The van der Waals surface area contributed by atoms with E-state index in [9.17, 15) is 9.90 Å². The van der Waals surface area contributed by atoms with Crippen molar-refractivity contribution in [2.75, 3.05) is 20.8 Å². The number of aliphatic hydroxyl groups excluding tert-OH is 1. The van der Waals surface area contributed by atoms with E-state index in [4.69, 9.17) is 14.2 Å². The van der Waals surface area contributed by atoms with Gasteiger partial charge in [0.25, 0.3) is 0 Å². The zero-order chi connectivity index (χ0) is 20.6. The van der Waals surface area contributed by atoms with Crippen LogP contribution >= 0.6 is 0 Å². The van der Waals surface area contributed by atoms with Gasteiger partial charge >= 0.3 is 6.09 Å². The van der Waals surface area contributed by atoms with Gasteiger partial charge in [-0.3, -0.25) is 0 Å². The first-order valence-electron chi connectivity index (χ1n) is 9.99. The minimum absolute atomic E-state index is 0.0601. The zero-order valence-electron chi connectivity index (χ0n) is 17.0. The number of likely N-dealkylation sites (tertiary alicyclic amines) is 1. The SMILES string of the molecule is COc1ccc(C(O)C[C@H]2CCCCN2C(=O)OCc2ccccc2)cc1OC. The summed E-state index contributed by atoms with van der Waals surface area (Å²) in [4.78, 5) is 14.4. The molecule has 6 nitrogen and oxygen atoms in total. The van der Waals surface area contributed by atoms with Gasteiger partial charge < -0.3 is 24.2 Å². The lowest BCUT2D eigenvalue weighted by Crippen LogP contribution is -2.44. The van der Waals surface area contributed by atoms with Crippen molar-refractivity contribution in [1.29, 1.82) is 0 Å². The monoisotopic (exact) mass is 399 g/mol. The van der Waals surface area contributed by atoms with Crippen LogP contribution in [-0.4, -0.2) is 42.9 Å². The average Bonchev–Trinajstić information content (AvgIpc) is 2.78. The van der Waals surface area contributed by atoms with Gasteiger partial charge in [-0.15, -0.1) is 0 Å². The Hall–Kier alpha value is -2.73. The van der Waals surface area contributed by atoms with Gasteiger partial charge in [-0.2, -0.15) is 0 Å². The van der Waals surface area contributed by atoms with Crippen LogP contribution in [0.25, 0.3) is 0 Å². The summed E-state index contributed by atoms with van der Waals surface area (Å²) in [6.07, 6.45) is 2.26. The Morgan fingerprint density at radius 2 is 1.86 bits per heavy atom. The molecule has 156 valence electrons. The molecule has 2 atom stereocenters. The van der Waals surface area contributed by atoms with E-state index in [0.717, 1.165) is 30.4 Å². The van der Waals surface area contributed by atoms with Crippen LogP contribution in [0.4, 0.5) is 4.79 Å². The summed E-state index contributed by atoms with van der Waals surface area (Å²) in [6.45, 7) is 0.901. The van der Waals surface area contributed by atoms with E-state index in [1.165, 1.54) is 0 Å². The summed E-state index contributed by atoms with van der Waals surface area (Å²) in [5, 5.41) is 10.8. The molecular weight excluding hydrogens is 370 g/mol. The minimum Gasteiger partial charge on any atom is -0.493 e. The van der Waals surface area contributed by atoms with E-state index in [-0.39, 0.29) is 18.7 Å². The van der Waals surface area contributed by atoms with E-state index in [0.29, 0.717) is 24.5 Å². The Balaban J connectivity index is 1.63. The summed E-state index contributed by atoms with van der Waals surface area (Å²) in [5.41, 5.74) is 1.70. The van der Waals surface area contributed by atoms with Crippen LogP contribution in [0.5, 0.6) is 11.5 Å². The molecule has 1 N–H and O–H groups in total.